The molecule has 0 unspecified atom stereocenters. The van der Waals surface area contributed by atoms with Gasteiger partial charge in [-0.2, -0.15) is 0 Å². The second kappa shape index (κ2) is 6.19. The van der Waals surface area contributed by atoms with Crippen LogP contribution in [0.1, 0.15) is 30.6 Å². The number of carboxylic acid groups (broad SMARTS) is 1. The third kappa shape index (κ3) is 3.58. The highest BCUT2D eigenvalue weighted by Crippen LogP contribution is 2.13. The molecule has 0 aliphatic rings. The summed E-state index contributed by atoms with van der Waals surface area (Å²) in [6, 6.07) is 7.94. The Balaban J connectivity index is 2.86. The molecule has 0 spiro atoms. The Labute approximate surface area is 107 Å². The zero-order valence-electron chi connectivity index (χ0n) is 11.0. The van der Waals surface area contributed by atoms with Crippen molar-refractivity contribution in [2.45, 2.75) is 26.3 Å². The number of benzene rings is 1. The lowest BCUT2D eigenvalue weighted by Crippen LogP contribution is -2.43. The third-order valence-electron chi connectivity index (χ3n) is 2.79. The molecule has 0 aliphatic heterocycles. The van der Waals surface area contributed by atoms with Gasteiger partial charge in [0, 0.05) is 12.6 Å². The van der Waals surface area contributed by atoms with Crippen LogP contribution in [0.3, 0.4) is 0 Å². The van der Waals surface area contributed by atoms with Gasteiger partial charge in [0.25, 0.3) is 5.91 Å². The molecule has 4 heteroatoms. The van der Waals surface area contributed by atoms with Gasteiger partial charge in [0.15, 0.2) is 0 Å². The maximum absolute atomic E-state index is 12.1. The van der Waals surface area contributed by atoms with E-state index in [1.165, 1.54) is 11.9 Å². The second-order valence-corrected chi connectivity index (χ2v) is 4.77. The number of carbonyl (C=O) groups is 2. The molecular formula is C14H19NO3. The highest BCUT2D eigenvalue weighted by Gasteiger charge is 2.27. The minimum absolute atomic E-state index is 0.220. The summed E-state index contributed by atoms with van der Waals surface area (Å²) in [5.74, 6) is -1.00. The van der Waals surface area contributed by atoms with Gasteiger partial charge in [-0.25, -0.2) is 4.79 Å². The van der Waals surface area contributed by atoms with E-state index in [1.807, 2.05) is 19.9 Å². The summed E-state index contributed by atoms with van der Waals surface area (Å²) >= 11 is 0. The molecule has 0 saturated heterocycles. The van der Waals surface area contributed by atoms with Crippen LogP contribution in [-0.2, 0) is 4.79 Å². The van der Waals surface area contributed by atoms with Crippen molar-refractivity contribution in [3.05, 3.63) is 35.9 Å². The Morgan fingerprint density at radius 3 is 2.22 bits per heavy atom. The van der Waals surface area contributed by atoms with Crippen LogP contribution in [0.25, 0.3) is 0 Å². The first-order chi connectivity index (χ1) is 8.43. The average Bonchev–Trinajstić information content (AvgIpc) is 2.34. The molecule has 0 aromatic heterocycles. The maximum Gasteiger partial charge on any atom is 0.326 e. The van der Waals surface area contributed by atoms with Crippen LogP contribution in [0.4, 0.5) is 0 Å². The van der Waals surface area contributed by atoms with Crippen LogP contribution in [0, 0.1) is 5.92 Å². The van der Waals surface area contributed by atoms with Crippen molar-refractivity contribution in [3.8, 4) is 0 Å². The molecule has 1 aromatic rings. The number of likely N-dealkylation sites (N-methyl/N-ethyl adjacent to an activating group) is 1. The summed E-state index contributed by atoms with van der Waals surface area (Å²) in [7, 11) is 1.54. The van der Waals surface area contributed by atoms with E-state index >= 15 is 0 Å². The first-order valence-corrected chi connectivity index (χ1v) is 5.98. The number of aliphatic carboxylic acids is 1. The van der Waals surface area contributed by atoms with Gasteiger partial charge in [0.1, 0.15) is 6.04 Å². The number of amides is 1. The van der Waals surface area contributed by atoms with Crippen molar-refractivity contribution in [2.24, 2.45) is 5.92 Å². The highest BCUT2D eigenvalue weighted by atomic mass is 16.4. The molecular weight excluding hydrogens is 230 g/mol. The largest absolute Gasteiger partial charge is 0.480 e. The molecule has 0 fully saturated rings. The summed E-state index contributed by atoms with van der Waals surface area (Å²) in [6.07, 6.45) is 0.449. The molecule has 0 radical (unpaired) electrons. The predicted octanol–water partition coefficient (Wildman–Crippen LogP) is 2.26. The van der Waals surface area contributed by atoms with Crippen LogP contribution in [0.5, 0.6) is 0 Å². The van der Waals surface area contributed by atoms with E-state index in [2.05, 4.69) is 0 Å². The lowest BCUT2D eigenvalue weighted by molar-refractivity contribution is -0.142. The normalized spacial score (nSPS) is 12.2. The number of hydrogen-bond acceptors (Lipinski definition) is 2. The van der Waals surface area contributed by atoms with Crippen LogP contribution in [-0.4, -0.2) is 35.0 Å². The number of rotatable bonds is 5. The van der Waals surface area contributed by atoms with Crippen LogP contribution in [0.15, 0.2) is 30.3 Å². The van der Waals surface area contributed by atoms with Crippen LogP contribution >= 0.6 is 0 Å². The molecule has 0 heterocycles. The van der Waals surface area contributed by atoms with Gasteiger partial charge in [-0.3, -0.25) is 4.79 Å². The van der Waals surface area contributed by atoms with Gasteiger partial charge >= 0.3 is 5.97 Å². The van der Waals surface area contributed by atoms with Crippen molar-refractivity contribution >= 4 is 11.9 Å². The fraction of sp³-hybridized carbons (Fsp3) is 0.429. The van der Waals surface area contributed by atoms with Crippen molar-refractivity contribution in [2.75, 3.05) is 7.05 Å². The third-order valence-corrected chi connectivity index (χ3v) is 2.79. The summed E-state index contributed by atoms with van der Waals surface area (Å²) in [5.41, 5.74) is 0.509. The molecule has 0 saturated carbocycles. The average molecular weight is 249 g/mol. The highest BCUT2D eigenvalue weighted by molar-refractivity contribution is 5.96. The quantitative estimate of drug-likeness (QED) is 0.870. The molecule has 98 valence electrons. The molecule has 0 aliphatic carbocycles. The first kappa shape index (κ1) is 14.2. The molecule has 1 atom stereocenters. The van der Waals surface area contributed by atoms with Crippen molar-refractivity contribution in [1.82, 2.24) is 4.90 Å². The van der Waals surface area contributed by atoms with Gasteiger partial charge < -0.3 is 10.0 Å². The Bertz CT molecular complexity index is 414. The number of hydrogen-bond donors (Lipinski definition) is 1. The standard InChI is InChI=1S/C14H19NO3/c1-10(2)9-12(14(17)18)15(3)13(16)11-7-5-4-6-8-11/h4-8,10,12H,9H2,1-3H3,(H,17,18)/t12-/m1/s1. The summed E-state index contributed by atoms with van der Waals surface area (Å²) in [6.45, 7) is 3.88. The van der Waals surface area contributed by atoms with Gasteiger partial charge in [-0.15, -0.1) is 0 Å². The van der Waals surface area contributed by atoms with E-state index in [0.29, 0.717) is 12.0 Å². The zero-order chi connectivity index (χ0) is 13.7. The molecule has 1 aromatic carbocycles. The predicted molar refractivity (Wildman–Crippen MR) is 69.4 cm³/mol. The number of carbonyl (C=O) groups excluding carboxylic acids is 1. The SMILES string of the molecule is CC(C)C[C@H](C(=O)O)N(C)C(=O)c1ccccc1. The van der Waals surface area contributed by atoms with Gasteiger partial charge in [-0.1, -0.05) is 32.0 Å². The second-order valence-electron chi connectivity index (χ2n) is 4.77. The molecule has 18 heavy (non-hydrogen) atoms. The smallest absolute Gasteiger partial charge is 0.326 e. The minimum atomic E-state index is -0.963. The van der Waals surface area contributed by atoms with Crippen LogP contribution in [0.2, 0.25) is 0 Å². The van der Waals surface area contributed by atoms with Gasteiger partial charge in [0.2, 0.25) is 0 Å². The molecule has 1 amide bonds. The zero-order valence-corrected chi connectivity index (χ0v) is 11.0. The van der Waals surface area contributed by atoms with E-state index < -0.39 is 12.0 Å². The Morgan fingerprint density at radius 2 is 1.78 bits per heavy atom. The molecule has 4 nitrogen and oxygen atoms in total. The lowest BCUT2D eigenvalue weighted by atomic mass is 10.0. The van der Waals surface area contributed by atoms with E-state index in [9.17, 15) is 14.7 Å². The summed E-state index contributed by atoms with van der Waals surface area (Å²) < 4.78 is 0. The number of nitrogens with zero attached hydrogens (tertiary/aromatic N) is 1. The molecule has 0 bridgehead atoms. The van der Waals surface area contributed by atoms with Crippen molar-refractivity contribution in [3.63, 3.8) is 0 Å². The van der Waals surface area contributed by atoms with Crippen LogP contribution < -0.4 is 0 Å². The summed E-state index contributed by atoms with van der Waals surface area (Å²) in [5, 5.41) is 9.19. The van der Waals surface area contributed by atoms with E-state index in [1.54, 1.807) is 24.3 Å². The van der Waals surface area contributed by atoms with E-state index in [-0.39, 0.29) is 11.8 Å². The monoisotopic (exact) mass is 249 g/mol. The number of carboxylic acids is 1. The van der Waals surface area contributed by atoms with E-state index in [0.717, 1.165) is 0 Å². The molecule has 1 N–H and O–H groups in total. The maximum atomic E-state index is 12.1. The Kier molecular flexibility index (Phi) is 4.89. The first-order valence-electron chi connectivity index (χ1n) is 5.98. The minimum Gasteiger partial charge on any atom is -0.480 e. The van der Waals surface area contributed by atoms with Gasteiger partial charge in [-0.05, 0) is 24.5 Å². The summed E-state index contributed by atoms with van der Waals surface area (Å²) in [4.78, 5) is 24.7. The Morgan fingerprint density at radius 1 is 1.22 bits per heavy atom. The fourth-order valence-electron chi connectivity index (χ4n) is 1.80. The fourth-order valence-corrected chi connectivity index (χ4v) is 1.80. The van der Waals surface area contributed by atoms with Crippen molar-refractivity contribution < 1.29 is 14.7 Å². The van der Waals surface area contributed by atoms with E-state index in [4.69, 9.17) is 0 Å². The van der Waals surface area contributed by atoms with Crippen molar-refractivity contribution in [1.29, 1.82) is 0 Å². The van der Waals surface area contributed by atoms with Gasteiger partial charge in [0.05, 0.1) is 0 Å². The lowest BCUT2D eigenvalue weighted by Gasteiger charge is -2.26. The topological polar surface area (TPSA) is 57.6 Å². The Hall–Kier alpha value is -1.84. The molecule has 1 rings (SSSR count).